The average molecular weight is 290 g/mol. The monoisotopic (exact) mass is 290 g/mol. The molecule has 21 heavy (non-hydrogen) atoms. The minimum absolute atomic E-state index is 0.334. The van der Waals surface area contributed by atoms with Crippen molar-refractivity contribution in [3.8, 4) is 0 Å². The molecule has 1 fully saturated rings. The van der Waals surface area contributed by atoms with E-state index in [2.05, 4.69) is 12.2 Å². The molecule has 0 spiro atoms. The van der Waals surface area contributed by atoms with Crippen LogP contribution in [0.5, 0.6) is 0 Å². The Labute approximate surface area is 127 Å². The number of carbonyl (C=O) groups is 1. The molecule has 2 rings (SSSR count). The molecule has 116 valence electrons. The van der Waals surface area contributed by atoms with E-state index in [4.69, 9.17) is 10.5 Å². The van der Waals surface area contributed by atoms with Crippen LogP contribution in [0.3, 0.4) is 0 Å². The minimum Gasteiger partial charge on any atom is -0.465 e. The summed E-state index contributed by atoms with van der Waals surface area (Å²) in [5.74, 6) is 1.37. The number of anilines is 2. The van der Waals surface area contributed by atoms with Crippen LogP contribution < -0.4 is 11.1 Å². The van der Waals surface area contributed by atoms with E-state index in [0.29, 0.717) is 11.3 Å². The largest absolute Gasteiger partial charge is 0.465 e. The zero-order valence-corrected chi connectivity index (χ0v) is 13.0. The Kier molecular flexibility index (Phi) is 5.48. The first kappa shape index (κ1) is 15.7. The van der Waals surface area contributed by atoms with Crippen LogP contribution in [0.15, 0.2) is 18.2 Å². The van der Waals surface area contributed by atoms with Crippen molar-refractivity contribution in [1.29, 1.82) is 0 Å². The molecular formula is C17H26N2O2. The number of methoxy groups -OCH3 is 1. The first-order valence-corrected chi connectivity index (χ1v) is 7.82. The highest BCUT2D eigenvalue weighted by Crippen LogP contribution is 2.30. The van der Waals surface area contributed by atoms with Gasteiger partial charge in [-0.25, -0.2) is 4.79 Å². The minimum atomic E-state index is -0.334. The number of nitrogen functional groups attached to an aromatic ring is 1. The van der Waals surface area contributed by atoms with E-state index in [9.17, 15) is 4.79 Å². The third kappa shape index (κ3) is 4.38. The summed E-state index contributed by atoms with van der Waals surface area (Å²) in [7, 11) is 1.38. The molecule has 1 aromatic carbocycles. The number of hydrogen-bond acceptors (Lipinski definition) is 4. The van der Waals surface area contributed by atoms with Crippen molar-refractivity contribution in [3.63, 3.8) is 0 Å². The van der Waals surface area contributed by atoms with Gasteiger partial charge in [-0.2, -0.15) is 0 Å². The van der Waals surface area contributed by atoms with Gasteiger partial charge in [-0.3, -0.25) is 0 Å². The molecule has 4 heteroatoms. The van der Waals surface area contributed by atoms with Gasteiger partial charge in [0, 0.05) is 6.54 Å². The van der Waals surface area contributed by atoms with Crippen LogP contribution in [-0.2, 0) is 4.74 Å². The van der Waals surface area contributed by atoms with E-state index < -0.39 is 0 Å². The number of hydrogen-bond donors (Lipinski definition) is 2. The highest BCUT2D eigenvalue weighted by molar-refractivity contribution is 5.91. The van der Waals surface area contributed by atoms with Crippen molar-refractivity contribution >= 4 is 17.3 Å². The molecule has 3 N–H and O–H groups in total. The first-order valence-electron chi connectivity index (χ1n) is 7.82. The fourth-order valence-corrected chi connectivity index (χ4v) is 2.98. The van der Waals surface area contributed by atoms with Gasteiger partial charge in [-0.1, -0.05) is 32.6 Å². The summed E-state index contributed by atoms with van der Waals surface area (Å²) < 4.78 is 4.73. The standard InChI is InChI=1S/C17H26N2O2/c1-12-3-5-13(6-4-12)9-10-19-16-11-14(17(20)21-2)7-8-15(16)18/h7-8,11-13,19H,3-6,9-10,18H2,1-2H3. The predicted molar refractivity (Wildman–Crippen MR) is 86.4 cm³/mol. The van der Waals surface area contributed by atoms with E-state index in [1.54, 1.807) is 18.2 Å². The Morgan fingerprint density at radius 1 is 1.33 bits per heavy atom. The average Bonchev–Trinajstić information content (AvgIpc) is 2.50. The molecule has 0 unspecified atom stereocenters. The van der Waals surface area contributed by atoms with E-state index in [1.165, 1.54) is 32.8 Å². The molecule has 0 heterocycles. The van der Waals surface area contributed by atoms with Gasteiger partial charge >= 0.3 is 5.97 Å². The lowest BCUT2D eigenvalue weighted by Crippen LogP contribution is -2.16. The van der Waals surface area contributed by atoms with Crippen LogP contribution in [0.4, 0.5) is 11.4 Å². The highest BCUT2D eigenvalue weighted by atomic mass is 16.5. The van der Waals surface area contributed by atoms with Crippen molar-refractivity contribution in [1.82, 2.24) is 0 Å². The fourth-order valence-electron chi connectivity index (χ4n) is 2.98. The summed E-state index contributed by atoms with van der Waals surface area (Å²) in [6.45, 7) is 3.24. The number of ether oxygens (including phenoxy) is 1. The van der Waals surface area contributed by atoms with Gasteiger partial charge in [0.2, 0.25) is 0 Å². The topological polar surface area (TPSA) is 64.3 Å². The summed E-state index contributed by atoms with van der Waals surface area (Å²) in [5, 5.41) is 3.36. The molecule has 1 aliphatic carbocycles. The Morgan fingerprint density at radius 3 is 2.71 bits per heavy atom. The summed E-state index contributed by atoms with van der Waals surface area (Å²) in [6, 6.07) is 5.20. The van der Waals surface area contributed by atoms with Crippen LogP contribution in [0, 0.1) is 11.8 Å². The van der Waals surface area contributed by atoms with Gasteiger partial charge in [0.25, 0.3) is 0 Å². The third-order valence-corrected chi connectivity index (χ3v) is 4.48. The molecule has 0 saturated heterocycles. The van der Waals surface area contributed by atoms with Gasteiger partial charge in [-0.15, -0.1) is 0 Å². The maximum atomic E-state index is 11.5. The number of benzene rings is 1. The summed E-state index contributed by atoms with van der Waals surface area (Å²) in [6.07, 6.45) is 6.53. The van der Waals surface area contributed by atoms with Gasteiger partial charge in [-0.05, 0) is 36.5 Å². The molecule has 0 bridgehead atoms. The molecule has 0 atom stereocenters. The fraction of sp³-hybridized carbons (Fsp3) is 0.588. The Balaban J connectivity index is 1.86. The van der Waals surface area contributed by atoms with Crippen molar-refractivity contribution in [3.05, 3.63) is 23.8 Å². The molecule has 0 aliphatic heterocycles. The number of rotatable bonds is 5. The summed E-state index contributed by atoms with van der Waals surface area (Å²) >= 11 is 0. The number of carbonyl (C=O) groups excluding carboxylic acids is 1. The Bertz CT molecular complexity index is 480. The number of nitrogens with one attached hydrogen (secondary N) is 1. The Hall–Kier alpha value is -1.71. The second-order valence-corrected chi connectivity index (χ2v) is 6.13. The second-order valence-electron chi connectivity index (χ2n) is 6.13. The zero-order valence-electron chi connectivity index (χ0n) is 13.0. The molecule has 0 amide bonds. The second kappa shape index (κ2) is 7.34. The molecule has 1 aliphatic rings. The van der Waals surface area contributed by atoms with Crippen molar-refractivity contribution < 1.29 is 9.53 Å². The Morgan fingerprint density at radius 2 is 2.05 bits per heavy atom. The van der Waals surface area contributed by atoms with Crippen LogP contribution in [0.1, 0.15) is 49.4 Å². The molecule has 1 saturated carbocycles. The van der Waals surface area contributed by atoms with E-state index >= 15 is 0 Å². The molecule has 0 radical (unpaired) electrons. The van der Waals surface area contributed by atoms with Crippen LogP contribution >= 0.6 is 0 Å². The van der Waals surface area contributed by atoms with Crippen LogP contribution in [-0.4, -0.2) is 19.6 Å². The number of esters is 1. The van der Waals surface area contributed by atoms with Gasteiger partial charge in [0.05, 0.1) is 24.0 Å². The highest BCUT2D eigenvalue weighted by Gasteiger charge is 2.17. The molecule has 0 aromatic heterocycles. The maximum absolute atomic E-state index is 11.5. The molecule has 1 aromatic rings. The molecular weight excluding hydrogens is 264 g/mol. The normalized spacial score (nSPS) is 21.8. The molecule has 4 nitrogen and oxygen atoms in total. The third-order valence-electron chi connectivity index (χ3n) is 4.48. The summed E-state index contributed by atoms with van der Waals surface area (Å²) in [4.78, 5) is 11.5. The van der Waals surface area contributed by atoms with Crippen molar-refractivity contribution in [2.75, 3.05) is 24.7 Å². The first-order chi connectivity index (χ1) is 10.1. The van der Waals surface area contributed by atoms with E-state index in [0.717, 1.165) is 30.5 Å². The van der Waals surface area contributed by atoms with Crippen LogP contribution in [0.25, 0.3) is 0 Å². The zero-order chi connectivity index (χ0) is 15.2. The number of nitrogens with two attached hydrogens (primary N) is 1. The SMILES string of the molecule is COC(=O)c1ccc(N)c(NCCC2CCC(C)CC2)c1. The van der Waals surface area contributed by atoms with Crippen molar-refractivity contribution in [2.24, 2.45) is 11.8 Å². The van der Waals surface area contributed by atoms with E-state index in [-0.39, 0.29) is 5.97 Å². The van der Waals surface area contributed by atoms with Gasteiger partial charge in [0.1, 0.15) is 0 Å². The smallest absolute Gasteiger partial charge is 0.337 e. The van der Waals surface area contributed by atoms with Gasteiger partial charge < -0.3 is 15.8 Å². The quantitative estimate of drug-likeness (QED) is 0.641. The maximum Gasteiger partial charge on any atom is 0.337 e. The van der Waals surface area contributed by atoms with Crippen LogP contribution in [0.2, 0.25) is 0 Å². The lowest BCUT2D eigenvalue weighted by Gasteiger charge is -2.26. The summed E-state index contributed by atoms with van der Waals surface area (Å²) in [5.41, 5.74) is 7.97. The van der Waals surface area contributed by atoms with Gasteiger partial charge in [0.15, 0.2) is 0 Å². The van der Waals surface area contributed by atoms with E-state index in [1.807, 2.05) is 0 Å². The van der Waals surface area contributed by atoms with Crippen molar-refractivity contribution in [2.45, 2.75) is 39.0 Å². The predicted octanol–water partition coefficient (Wildman–Crippen LogP) is 3.68. The lowest BCUT2D eigenvalue weighted by molar-refractivity contribution is 0.0601. The lowest BCUT2D eigenvalue weighted by atomic mass is 9.81.